The van der Waals surface area contributed by atoms with E-state index in [0.717, 1.165) is 30.9 Å². The molecule has 1 aliphatic rings. The Morgan fingerprint density at radius 1 is 1.14 bits per heavy atom. The van der Waals surface area contributed by atoms with Crippen LogP contribution in [0.1, 0.15) is 24.5 Å². The summed E-state index contributed by atoms with van der Waals surface area (Å²) in [5, 5.41) is 0. The van der Waals surface area contributed by atoms with Gasteiger partial charge in [0.15, 0.2) is 0 Å². The van der Waals surface area contributed by atoms with Crippen molar-refractivity contribution in [3.05, 3.63) is 47.5 Å². The Morgan fingerprint density at radius 2 is 1.95 bits per heavy atom. The van der Waals surface area contributed by atoms with E-state index in [1.807, 2.05) is 13.0 Å². The first-order chi connectivity index (χ1) is 10.8. The van der Waals surface area contributed by atoms with E-state index in [0.29, 0.717) is 6.61 Å². The van der Waals surface area contributed by atoms with E-state index >= 15 is 0 Å². The third-order valence-corrected chi connectivity index (χ3v) is 3.73. The van der Waals surface area contributed by atoms with Crippen LogP contribution in [-0.2, 0) is 6.42 Å². The molecule has 0 saturated carbocycles. The minimum atomic E-state index is 0.697. The van der Waals surface area contributed by atoms with E-state index in [9.17, 15) is 0 Å². The normalized spacial score (nSPS) is 12.5. The van der Waals surface area contributed by atoms with Gasteiger partial charge >= 0.3 is 0 Å². The lowest BCUT2D eigenvalue weighted by Crippen LogP contribution is -2.09. The summed E-state index contributed by atoms with van der Waals surface area (Å²) < 4.78 is 11.5. The van der Waals surface area contributed by atoms with Crippen LogP contribution in [0.5, 0.6) is 11.5 Å². The number of rotatable bonds is 3. The molecule has 2 aromatic carbocycles. The van der Waals surface area contributed by atoms with Gasteiger partial charge in [0.2, 0.25) is 0 Å². The first-order valence-corrected chi connectivity index (χ1v) is 7.86. The fourth-order valence-electron chi connectivity index (χ4n) is 2.80. The van der Waals surface area contributed by atoms with Crippen LogP contribution in [0.15, 0.2) is 36.4 Å². The summed E-state index contributed by atoms with van der Waals surface area (Å²) in [7, 11) is 1.50. The second-order valence-corrected chi connectivity index (χ2v) is 5.16. The maximum absolute atomic E-state index is 5.91. The summed E-state index contributed by atoms with van der Waals surface area (Å²) >= 11 is 0. The molecule has 0 unspecified atom stereocenters. The van der Waals surface area contributed by atoms with Gasteiger partial charge < -0.3 is 15.2 Å². The van der Waals surface area contributed by atoms with Gasteiger partial charge in [0, 0.05) is 5.56 Å². The third-order valence-electron chi connectivity index (χ3n) is 3.73. The Labute approximate surface area is 133 Å². The highest BCUT2D eigenvalue weighted by Gasteiger charge is 2.16. The minimum Gasteiger partial charge on any atom is -0.494 e. The monoisotopic (exact) mass is 299 g/mol. The van der Waals surface area contributed by atoms with Gasteiger partial charge in [-0.05, 0) is 62.6 Å². The fraction of sp³-hybridized carbons (Fsp3) is 0.368. The molecule has 3 heteroatoms. The Balaban J connectivity index is 0.000000847. The zero-order valence-corrected chi connectivity index (χ0v) is 13.7. The number of fused-ring (bicyclic) bond motifs is 1. The van der Waals surface area contributed by atoms with Crippen LogP contribution in [0.2, 0.25) is 0 Å². The van der Waals surface area contributed by atoms with Gasteiger partial charge in [0.1, 0.15) is 11.5 Å². The minimum absolute atomic E-state index is 0.697. The molecule has 1 aliphatic heterocycles. The molecule has 22 heavy (non-hydrogen) atoms. The molecule has 0 radical (unpaired) electrons. The van der Waals surface area contributed by atoms with Crippen molar-refractivity contribution in [1.82, 2.24) is 0 Å². The average Bonchev–Trinajstić information content (AvgIpc) is 2.57. The highest BCUT2D eigenvalue weighted by molar-refractivity contribution is 5.75. The first-order valence-electron chi connectivity index (χ1n) is 7.86. The van der Waals surface area contributed by atoms with Crippen LogP contribution in [0, 0.1) is 6.92 Å². The summed E-state index contributed by atoms with van der Waals surface area (Å²) in [5.74, 6) is 1.99. The predicted octanol–water partition coefficient (Wildman–Crippen LogP) is 3.96. The Morgan fingerprint density at radius 3 is 2.68 bits per heavy atom. The third kappa shape index (κ3) is 3.42. The van der Waals surface area contributed by atoms with E-state index in [1.54, 1.807) is 0 Å². The number of benzene rings is 2. The van der Waals surface area contributed by atoms with Crippen LogP contribution in [0.3, 0.4) is 0 Å². The molecule has 0 aromatic heterocycles. The highest BCUT2D eigenvalue weighted by atomic mass is 16.5. The summed E-state index contributed by atoms with van der Waals surface area (Å²) in [6.07, 6.45) is 2.22. The van der Waals surface area contributed by atoms with E-state index in [2.05, 4.69) is 43.0 Å². The van der Waals surface area contributed by atoms with Gasteiger partial charge in [-0.2, -0.15) is 0 Å². The largest absolute Gasteiger partial charge is 0.494 e. The predicted molar refractivity (Wildman–Crippen MR) is 91.7 cm³/mol. The number of hydrogen-bond acceptors (Lipinski definition) is 3. The fourth-order valence-corrected chi connectivity index (χ4v) is 2.80. The number of nitrogens with two attached hydrogens (primary N) is 1. The van der Waals surface area contributed by atoms with Crippen molar-refractivity contribution in [2.75, 3.05) is 20.3 Å². The molecule has 0 spiro atoms. The summed E-state index contributed by atoms with van der Waals surface area (Å²) in [6, 6.07) is 12.7. The number of ether oxygens (including phenoxy) is 2. The van der Waals surface area contributed by atoms with Crippen LogP contribution in [-0.4, -0.2) is 20.3 Å². The van der Waals surface area contributed by atoms with E-state index in [4.69, 9.17) is 9.47 Å². The van der Waals surface area contributed by atoms with Gasteiger partial charge in [0.05, 0.1) is 13.2 Å². The maximum atomic E-state index is 5.91. The number of hydrogen-bond donors (Lipinski definition) is 1. The molecule has 2 N–H and O–H groups in total. The van der Waals surface area contributed by atoms with Crippen LogP contribution >= 0.6 is 0 Å². The molecule has 0 atom stereocenters. The molecular formula is C19H25NO2. The zero-order chi connectivity index (χ0) is 15.9. The lowest BCUT2D eigenvalue weighted by Gasteiger charge is -2.21. The molecule has 3 nitrogen and oxygen atoms in total. The lowest BCUT2D eigenvalue weighted by molar-refractivity contribution is 0.289. The zero-order valence-electron chi connectivity index (χ0n) is 13.7. The number of para-hydroxylation sites is 1. The Hall–Kier alpha value is -2.00. The van der Waals surface area contributed by atoms with Gasteiger partial charge in [-0.25, -0.2) is 0 Å². The van der Waals surface area contributed by atoms with Crippen molar-refractivity contribution < 1.29 is 9.47 Å². The van der Waals surface area contributed by atoms with Crippen molar-refractivity contribution in [2.45, 2.75) is 26.7 Å². The van der Waals surface area contributed by atoms with Crippen LogP contribution < -0.4 is 15.2 Å². The van der Waals surface area contributed by atoms with Crippen molar-refractivity contribution >= 4 is 0 Å². The Bertz CT molecular complexity index is 623. The summed E-state index contributed by atoms with van der Waals surface area (Å²) in [4.78, 5) is 0. The molecule has 1 heterocycles. The molecule has 3 rings (SSSR count). The molecule has 0 amide bonds. The molecule has 118 valence electrons. The standard InChI is InChI=1S/C18H20O2.CH5N/c1-3-19-15-9-10-16(13(2)12-15)17-8-4-6-14-7-5-11-20-18(14)17;1-2/h4,6,8-10,12H,3,5,7,11H2,1-2H3;2H2,1H3. The van der Waals surface area contributed by atoms with E-state index < -0.39 is 0 Å². The van der Waals surface area contributed by atoms with Gasteiger partial charge in [0.25, 0.3) is 0 Å². The quantitative estimate of drug-likeness (QED) is 0.933. The topological polar surface area (TPSA) is 44.5 Å². The Kier molecular flexibility index (Phi) is 5.84. The molecule has 0 fully saturated rings. The van der Waals surface area contributed by atoms with Crippen molar-refractivity contribution in [3.63, 3.8) is 0 Å². The number of aryl methyl sites for hydroxylation is 2. The highest BCUT2D eigenvalue weighted by Crippen LogP contribution is 2.38. The van der Waals surface area contributed by atoms with Gasteiger partial charge in [-0.1, -0.05) is 24.3 Å². The second kappa shape index (κ2) is 7.85. The smallest absolute Gasteiger partial charge is 0.130 e. The molecule has 0 aliphatic carbocycles. The molecule has 0 bridgehead atoms. The maximum Gasteiger partial charge on any atom is 0.130 e. The molecule has 2 aromatic rings. The first kappa shape index (κ1) is 16.4. The second-order valence-electron chi connectivity index (χ2n) is 5.16. The average molecular weight is 299 g/mol. The molecular weight excluding hydrogens is 274 g/mol. The van der Waals surface area contributed by atoms with E-state index in [1.165, 1.54) is 29.3 Å². The summed E-state index contributed by atoms with van der Waals surface area (Å²) in [6.45, 7) is 5.65. The molecule has 0 saturated heterocycles. The van der Waals surface area contributed by atoms with E-state index in [-0.39, 0.29) is 0 Å². The van der Waals surface area contributed by atoms with Gasteiger partial charge in [-0.3, -0.25) is 0 Å². The van der Waals surface area contributed by atoms with Crippen molar-refractivity contribution in [2.24, 2.45) is 5.73 Å². The SMILES string of the molecule is CCOc1ccc(-c2cccc3c2OCCC3)c(C)c1.CN. The lowest BCUT2D eigenvalue weighted by atomic mass is 9.95. The van der Waals surface area contributed by atoms with Crippen LogP contribution in [0.4, 0.5) is 0 Å². The van der Waals surface area contributed by atoms with Gasteiger partial charge in [-0.15, -0.1) is 0 Å². The van der Waals surface area contributed by atoms with Crippen LogP contribution in [0.25, 0.3) is 11.1 Å². The van der Waals surface area contributed by atoms with Crippen molar-refractivity contribution in [3.8, 4) is 22.6 Å². The van der Waals surface area contributed by atoms with Crippen molar-refractivity contribution in [1.29, 1.82) is 0 Å². The summed E-state index contributed by atoms with van der Waals surface area (Å²) in [5.41, 5.74) is 9.47.